The molecule has 2 aromatic carbocycles. The van der Waals surface area contributed by atoms with Gasteiger partial charge in [-0.3, -0.25) is 10.1 Å². The zero-order chi connectivity index (χ0) is 19.4. The Balaban J connectivity index is 1.79. The quantitative estimate of drug-likeness (QED) is 0.508. The van der Waals surface area contributed by atoms with Crippen molar-refractivity contribution in [3.8, 4) is 5.75 Å². The molecule has 0 saturated heterocycles. The van der Waals surface area contributed by atoms with Crippen molar-refractivity contribution in [2.24, 2.45) is 0 Å². The zero-order valence-corrected chi connectivity index (χ0v) is 16.3. The van der Waals surface area contributed by atoms with E-state index in [9.17, 15) is 9.90 Å². The van der Waals surface area contributed by atoms with Gasteiger partial charge in [0.05, 0.1) is 11.6 Å². The number of hydrogen-bond acceptors (Lipinski definition) is 3. The summed E-state index contributed by atoms with van der Waals surface area (Å²) in [6.07, 6.45) is 2.20. The molecule has 0 radical (unpaired) electrons. The van der Waals surface area contributed by atoms with Crippen LogP contribution in [0.25, 0.3) is 10.9 Å². The molecule has 1 heterocycles. The van der Waals surface area contributed by atoms with Crippen molar-refractivity contribution in [3.05, 3.63) is 63.8 Å². The Kier molecular flexibility index (Phi) is 6.26. The van der Waals surface area contributed by atoms with E-state index in [1.165, 1.54) is 0 Å². The summed E-state index contributed by atoms with van der Waals surface area (Å²) in [5.41, 5.74) is 2.65. The van der Waals surface area contributed by atoms with Crippen LogP contribution in [0.2, 0.25) is 10.0 Å². The van der Waals surface area contributed by atoms with E-state index in [0.717, 1.165) is 22.0 Å². The summed E-state index contributed by atoms with van der Waals surface area (Å²) in [7, 11) is 0. The van der Waals surface area contributed by atoms with E-state index in [1.807, 2.05) is 37.4 Å². The summed E-state index contributed by atoms with van der Waals surface area (Å²) in [5, 5.41) is 14.6. The minimum Gasteiger partial charge on any atom is -0.492 e. The number of carboxylic acids is 1. The van der Waals surface area contributed by atoms with E-state index in [4.69, 9.17) is 27.9 Å². The first-order valence-corrected chi connectivity index (χ1v) is 9.37. The Hall–Kier alpha value is -2.21. The molecule has 0 fully saturated rings. The average Bonchev–Trinajstić information content (AvgIpc) is 3.04. The number of nitrogens with one attached hydrogen (secondary N) is 2. The minimum atomic E-state index is -0.925. The predicted octanol–water partition coefficient (Wildman–Crippen LogP) is 4.66. The van der Waals surface area contributed by atoms with Gasteiger partial charge in [-0.05, 0) is 30.7 Å². The lowest BCUT2D eigenvalue weighted by Crippen LogP contribution is -2.38. The molecule has 0 saturated carbocycles. The number of carbonyl (C=O) groups is 1. The van der Waals surface area contributed by atoms with Crippen LogP contribution >= 0.6 is 23.2 Å². The van der Waals surface area contributed by atoms with Gasteiger partial charge in [0.2, 0.25) is 0 Å². The number of carboxylic acid groups (broad SMARTS) is 1. The van der Waals surface area contributed by atoms with Crippen LogP contribution in [0.3, 0.4) is 0 Å². The second-order valence-electron chi connectivity index (χ2n) is 6.14. The molecule has 3 rings (SSSR count). The number of aromatic nitrogens is 1. The third-order valence-corrected chi connectivity index (χ3v) is 4.81. The SMILES string of the molecule is CCOc1c(Cl)cc(Cl)cc1CNC(Cc1c[nH]c2ccccc12)C(=O)O. The van der Waals surface area contributed by atoms with Gasteiger partial charge in [-0.15, -0.1) is 0 Å². The fraction of sp³-hybridized carbons (Fsp3) is 0.250. The lowest BCUT2D eigenvalue weighted by Gasteiger charge is -2.17. The second kappa shape index (κ2) is 8.65. The summed E-state index contributed by atoms with van der Waals surface area (Å²) >= 11 is 12.3. The highest BCUT2D eigenvalue weighted by Gasteiger charge is 2.20. The highest BCUT2D eigenvalue weighted by Crippen LogP contribution is 2.32. The topological polar surface area (TPSA) is 74.3 Å². The van der Waals surface area contributed by atoms with Crippen LogP contribution in [0.5, 0.6) is 5.75 Å². The predicted molar refractivity (Wildman–Crippen MR) is 108 cm³/mol. The molecule has 1 aromatic heterocycles. The van der Waals surface area contributed by atoms with Gasteiger partial charge in [-0.2, -0.15) is 0 Å². The van der Waals surface area contributed by atoms with Crippen molar-refractivity contribution in [1.29, 1.82) is 0 Å². The van der Waals surface area contributed by atoms with Crippen LogP contribution < -0.4 is 10.1 Å². The van der Waals surface area contributed by atoms with Crippen molar-refractivity contribution in [2.75, 3.05) is 6.61 Å². The Morgan fingerprint density at radius 1 is 1.26 bits per heavy atom. The van der Waals surface area contributed by atoms with Crippen molar-refractivity contribution >= 4 is 40.1 Å². The maximum absolute atomic E-state index is 11.8. The van der Waals surface area contributed by atoms with Gasteiger partial charge in [0.25, 0.3) is 0 Å². The van der Waals surface area contributed by atoms with Crippen LogP contribution in [0.15, 0.2) is 42.6 Å². The van der Waals surface area contributed by atoms with E-state index < -0.39 is 12.0 Å². The van der Waals surface area contributed by atoms with E-state index in [0.29, 0.717) is 28.8 Å². The normalized spacial score (nSPS) is 12.3. The molecule has 7 heteroatoms. The third-order valence-electron chi connectivity index (χ3n) is 4.31. The molecule has 0 amide bonds. The van der Waals surface area contributed by atoms with E-state index in [-0.39, 0.29) is 6.54 Å². The summed E-state index contributed by atoms with van der Waals surface area (Å²) < 4.78 is 5.60. The molecule has 0 bridgehead atoms. The average molecular weight is 407 g/mol. The largest absolute Gasteiger partial charge is 0.492 e. The van der Waals surface area contributed by atoms with Crippen molar-refractivity contribution in [2.45, 2.75) is 25.9 Å². The number of H-pyrrole nitrogens is 1. The fourth-order valence-electron chi connectivity index (χ4n) is 3.05. The van der Waals surface area contributed by atoms with Gasteiger partial charge in [0.1, 0.15) is 11.8 Å². The maximum atomic E-state index is 11.8. The van der Waals surface area contributed by atoms with Crippen LogP contribution in [-0.2, 0) is 17.8 Å². The molecule has 3 N–H and O–H groups in total. The number of aromatic amines is 1. The Morgan fingerprint density at radius 3 is 2.78 bits per heavy atom. The van der Waals surface area contributed by atoms with E-state index in [1.54, 1.807) is 12.1 Å². The molecule has 3 aromatic rings. The van der Waals surface area contributed by atoms with Gasteiger partial charge in [0.15, 0.2) is 0 Å². The lowest BCUT2D eigenvalue weighted by atomic mass is 10.0. The maximum Gasteiger partial charge on any atom is 0.321 e. The number of para-hydroxylation sites is 1. The fourth-order valence-corrected chi connectivity index (χ4v) is 3.64. The van der Waals surface area contributed by atoms with Gasteiger partial charge in [-0.1, -0.05) is 41.4 Å². The molecular formula is C20H20Cl2N2O3. The van der Waals surface area contributed by atoms with Crippen LogP contribution in [0, 0.1) is 0 Å². The van der Waals surface area contributed by atoms with Gasteiger partial charge in [-0.25, -0.2) is 0 Å². The van der Waals surface area contributed by atoms with E-state index >= 15 is 0 Å². The summed E-state index contributed by atoms with van der Waals surface area (Å²) in [5.74, 6) is -0.404. The molecule has 0 aliphatic heterocycles. The van der Waals surface area contributed by atoms with Gasteiger partial charge >= 0.3 is 5.97 Å². The monoisotopic (exact) mass is 406 g/mol. The van der Waals surface area contributed by atoms with Crippen molar-refractivity contribution in [1.82, 2.24) is 10.3 Å². The van der Waals surface area contributed by atoms with Gasteiger partial charge < -0.3 is 14.8 Å². The molecule has 27 heavy (non-hydrogen) atoms. The van der Waals surface area contributed by atoms with Crippen LogP contribution in [0.4, 0.5) is 0 Å². The molecule has 0 spiro atoms. The van der Waals surface area contributed by atoms with Crippen molar-refractivity contribution < 1.29 is 14.6 Å². The lowest BCUT2D eigenvalue weighted by molar-refractivity contribution is -0.139. The zero-order valence-electron chi connectivity index (χ0n) is 14.8. The number of hydrogen-bond donors (Lipinski definition) is 3. The van der Waals surface area contributed by atoms with E-state index in [2.05, 4.69) is 10.3 Å². The Labute approximate surface area is 167 Å². The number of halogens is 2. The van der Waals surface area contributed by atoms with Gasteiger partial charge in [0, 0.05) is 40.7 Å². The molecule has 0 aliphatic rings. The molecule has 1 atom stereocenters. The molecule has 142 valence electrons. The molecule has 1 unspecified atom stereocenters. The third kappa shape index (κ3) is 4.56. The summed E-state index contributed by atoms with van der Waals surface area (Å²) in [6, 6.07) is 10.4. The summed E-state index contributed by atoms with van der Waals surface area (Å²) in [6.45, 7) is 2.58. The summed E-state index contributed by atoms with van der Waals surface area (Å²) in [4.78, 5) is 14.9. The Morgan fingerprint density at radius 2 is 2.04 bits per heavy atom. The number of rotatable bonds is 8. The molecular weight excluding hydrogens is 387 g/mol. The highest BCUT2D eigenvalue weighted by atomic mass is 35.5. The first-order chi connectivity index (χ1) is 13.0. The smallest absolute Gasteiger partial charge is 0.321 e. The first-order valence-electron chi connectivity index (χ1n) is 8.61. The molecule has 5 nitrogen and oxygen atoms in total. The Bertz CT molecular complexity index is 956. The first kappa shape index (κ1) is 19.5. The standard InChI is InChI=1S/C20H20Cl2N2O3/c1-2-27-19-13(7-14(21)9-16(19)22)11-24-18(20(25)26)8-12-10-23-17-6-4-3-5-15(12)17/h3-7,9-10,18,23-24H,2,8,11H2,1H3,(H,25,26). The second-order valence-corrected chi connectivity index (χ2v) is 6.99. The minimum absolute atomic E-state index is 0.273. The number of ether oxygens (including phenoxy) is 1. The highest BCUT2D eigenvalue weighted by molar-refractivity contribution is 6.35. The number of aliphatic carboxylic acids is 1. The molecule has 0 aliphatic carbocycles. The van der Waals surface area contributed by atoms with Crippen molar-refractivity contribution in [3.63, 3.8) is 0 Å². The number of benzene rings is 2. The number of fused-ring (bicyclic) bond motifs is 1. The van der Waals surface area contributed by atoms with Crippen LogP contribution in [0.1, 0.15) is 18.1 Å². The van der Waals surface area contributed by atoms with Crippen LogP contribution in [-0.4, -0.2) is 28.7 Å².